The number of hydrogen-bond acceptors (Lipinski definition) is 3. The average molecular weight is 317 g/mol. The molecule has 0 saturated carbocycles. The van der Waals surface area contributed by atoms with Gasteiger partial charge >= 0.3 is 0 Å². The minimum absolute atomic E-state index is 0.674. The molecule has 0 radical (unpaired) electrons. The number of benzene rings is 3. The summed E-state index contributed by atoms with van der Waals surface area (Å²) >= 11 is 1.44. The van der Waals surface area contributed by atoms with Crippen molar-refractivity contribution in [2.75, 3.05) is 0 Å². The van der Waals surface area contributed by atoms with Gasteiger partial charge in [0.25, 0.3) is 0 Å². The minimum Gasteiger partial charge on any atom is -0.370 e. The Morgan fingerprint density at radius 3 is 2.09 bits per heavy atom. The second kappa shape index (κ2) is 5.69. The lowest BCUT2D eigenvalue weighted by atomic mass is 9.97. The fourth-order valence-corrected chi connectivity index (χ4v) is 3.95. The van der Waals surface area contributed by atoms with E-state index in [-0.39, 0.29) is 0 Å². The minimum atomic E-state index is -1.20. The van der Waals surface area contributed by atoms with Gasteiger partial charge in [0, 0.05) is 16.0 Å². The van der Waals surface area contributed by atoms with Crippen LogP contribution >= 0.6 is 11.8 Å². The highest BCUT2D eigenvalue weighted by atomic mass is 32.2. The van der Waals surface area contributed by atoms with Gasteiger partial charge in [-0.1, -0.05) is 84.6 Å². The topological polar surface area (TPSA) is 32.6 Å². The number of aliphatic imine (C=N–C) groups is 1. The summed E-state index contributed by atoms with van der Waals surface area (Å²) in [6, 6.07) is 27.5. The van der Waals surface area contributed by atoms with E-state index < -0.39 is 4.93 Å². The van der Waals surface area contributed by atoms with Crippen LogP contribution in [0.1, 0.15) is 11.1 Å². The molecule has 3 heteroatoms. The third-order valence-corrected chi connectivity index (χ3v) is 5.18. The first-order chi connectivity index (χ1) is 11.3. The van der Waals surface area contributed by atoms with Crippen LogP contribution in [0.3, 0.4) is 0 Å². The molecule has 1 aliphatic heterocycles. The highest BCUT2D eigenvalue weighted by Gasteiger charge is 2.40. The Morgan fingerprint density at radius 1 is 0.739 bits per heavy atom. The molecule has 1 heterocycles. The molecule has 0 amide bonds. The quantitative estimate of drug-likeness (QED) is 0.739. The zero-order valence-electron chi connectivity index (χ0n) is 12.4. The van der Waals surface area contributed by atoms with Crippen LogP contribution in [-0.2, 0) is 4.93 Å². The van der Waals surface area contributed by atoms with Gasteiger partial charge in [-0.15, -0.1) is 0 Å². The van der Waals surface area contributed by atoms with E-state index in [1.165, 1.54) is 11.8 Å². The van der Waals surface area contributed by atoms with Crippen LogP contribution < -0.4 is 0 Å². The zero-order valence-corrected chi connectivity index (χ0v) is 13.2. The molecular weight excluding hydrogens is 302 g/mol. The molecule has 112 valence electrons. The van der Waals surface area contributed by atoms with E-state index in [2.05, 4.69) is 0 Å². The summed E-state index contributed by atoms with van der Waals surface area (Å²) in [5.41, 5.74) is 3.34. The highest BCUT2D eigenvalue weighted by Crippen LogP contribution is 2.49. The lowest BCUT2D eigenvalue weighted by Gasteiger charge is -2.33. The molecule has 3 aromatic carbocycles. The monoisotopic (exact) mass is 317 g/mol. The smallest absolute Gasteiger partial charge is 0.184 e. The lowest BCUT2D eigenvalue weighted by Crippen LogP contribution is -2.34. The summed E-state index contributed by atoms with van der Waals surface area (Å²) in [5, 5.41) is 11.5. The Bertz CT molecular complexity index is 861. The first-order valence-corrected chi connectivity index (χ1v) is 8.29. The molecule has 2 nitrogen and oxygen atoms in total. The van der Waals surface area contributed by atoms with Crippen LogP contribution in [0.2, 0.25) is 0 Å². The fraction of sp³-hybridized carbons (Fsp3) is 0.0500. The third-order valence-electron chi connectivity index (χ3n) is 3.89. The first-order valence-electron chi connectivity index (χ1n) is 7.48. The second-order valence-corrected chi connectivity index (χ2v) is 6.64. The number of rotatable bonds is 2. The molecule has 0 fully saturated rings. The van der Waals surface area contributed by atoms with Gasteiger partial charge in [0.2, 0.25) is 0 Å². The predicted octanol–water partition coefficient (Wildman–Crippen LogP) is 4.76. The van der Waals surface area contributed by atoms with Gasteiger partial charge in [0.15, 0.2) is 4.93 Å². The van der Waals surface area contributed by atoms with Crippen LogP contribution in [0, 0.1) is 0 Å². The molecule has 0 bridgehead atoms. The maximum atomic E-state index is 11.5. The molecule has 1 N–H and O–H groups in total. The molecule has 3 aromatic rings. The summed E-state index contributed by atoms with van der Waals surface area (Å²) in [6.07, 6.45) is 0. The molecule has 0 aromatic heterocycles. The second-order valence-electron chi connectivity index (χ2n) is 5.41. The van der Waals surface area contributed by atoms with Gasteiger partial charge in [0.1, 0.15) is 0 Å². The Kier molecular flexibility index (Phi) is 3.52. The highest BCUT2D eigenvalue weighted by molar-refractivity contribution is 8.01. The number of nitrogens with zero attached hydrogens (tertiary/aromatic N) is 1. The third kappa shape index (κ3) is 2.48. The van der Waals surface area contributed by atoms with Crippen molar-refractivity contribution < 1.29 is 5.11 Å². The van der Waals surface area contributed by atoms with E-state index in [0.717, 1.165) is 21.7 Å². The molecule has 0 saturated heterocycles. The molecule has 23 heavy (non-hydrogen) atoms. The summed E-state index contributed by atoms with van der Waals surface area (Å²) in [5.74, 6) is 0. The number of thioether (sulfide) groups is 1. The number of hydrogen-bond donors (Lipinski definition) is 1. The van der Waals surface area contributed by atoms with Crippen LogP contribution in [0.25, 0.3) is 0 Å². The summed E-state index contributed by atoms with van der Waals surface area (Å²) in [4.78, 5) is 4.58. The SMILES string of the molecule is OC1(c2ccccc2)Sc2ccccc2N=C1c1ccccc1. The van der Waals surface area contributed by atoms with Crippen molar-refractivity contribution in [1.29, 1.82) is 0 Å². The molecule has 0 spiro atoms. The van der Waals surface area contributed by atoms with E-state index in [0.29, 0.717) is 5.71 Å². The van der Waals surface area contributed by atoms with E-state index in [9.17, 15) is 5.11 Å². The van der Waals surface area contributed by atoms with Crippen molar-refractivity contribution in [1.82, 2.24) is 0 Å². The standard InChI is InChI=1S/C20H15NOS/c22-20(16-11-5-2-6-12-16)19(15-9-3-1-4-10-15)21-17-13-7-8-14-18(17)23-20/h1-14,22H. The van der Waals surface area contributed by atoms with Crippen molar-refractivity contribution in [2.45, 2.75) is 9.83 Å². The number of aliphatic hydroxyl groups is 1. The van der Waals surface area contributed by atoms with Crippen LogP contribution in [-0.4, -0.2) is 10.8 Å². The van der Waals surface area contributed by atoms with Crippen molar-refractivity contribution in [2.24, 2.45) is 4.99 Å². The number of para-hydroxylation sites is 1. The Hall–Kier alpha value is -2.36. The van der Waals surface area contributed by atoms with Gasteiger partial charge in [-0.2, -0.15) is 0 Å². The first kappa shape index (κ1) is 14.2. The molecule has 1 atom stereocenters. The van der Waals surface area contributed by atoms with Gasteiger partial charge < -0.3 is 5.11 Å². The van der Waals surface area contributed by atoms with Crippen LogP contribution in [0.5, 0.6) is 0 Å². The molecular formula is C20H15NOS. The Balaban J connectivity index is 1.95. The van der Waals surface area contributed by atoms with Crippen molar-refractivity contribution in [3.05, 3.63) is 96.1 Å². The van der Waals surface area contributed by atoms with E-state index in [1.54, 1.807) is 0 Å². The largest absolute Gasteiger partial charge is 0.370 e. The normalized spacial score (nSPS) is 19.8. The summed E-state index contributed by atoms with van der Waals surface area (Å²) < 4.78 is 0. The van der Waals surface area contributed by atoms with Crippen molar-refractivity contribution in [3.63, 3.8) is 0 Å². The fourth-order valence-electron chi connectivity index (χ4n) is 2.76. The van der Waals surface area contributed by atoms with Crippen molar-refractivity contribution >= 4 is 23.2 Å². The average Bonchev–Trinajstić information content (AvgIpc) is 2.62. The maximum absolute atomic E-state index is 11.5. The molecule has 4 rings (SSSR count). The summed E-state index contributed by atoms with van der Waals surface area (Å²) in [7, 11) is 0. The zero-order chi connectivity index (χ0) is 15.7. The van der Waals surface area contributed by atoms with E-state index >= 15 is 0 Å². The molecule has 0 aliphatic carbocycles. The Labute approximate surface area is 139 Å². The van der Waals surface area contributed by atoms with Crippen LogP contribution in [0.4, 0.5) is 5.69 Å². The van der Waals surface area contributed by atoms with E-state index in [1.807, 2.05) is 84.9 Å². The van der Waals surface area contributed by atoms with Crippen LogP contribution in [0.15, 0.2) is 94.8 Å². The Morgan fingerprint density at radius 2 is 1.35 bits per heavy atom. The van der Waals surface area contributed by atoms with E-state index in [4.69, 9.17) is 4.99 Å². The maximum Gasteiger partial charge on any atom is 0.184 e. The van der Waals surface area contributed by atoms with Gasteiger partial charge in [-0.3, -0.25) is 0 Å². The molecule has 1 unspecified atom stereocenters. The predicted molar refractivity (Wildman–Crippen MR) is 95.3 cm³/mol. The van der Waals surface area contributed by atoms with Crippen molar-refractivity contribution in [3.8, 4) is 0 Å². The molecule has 1 aliphatic rings. The van der Waals surface area contributed by atoms with Gasteiger partial charge in [0.05, 0.1) is 11.4 Å². The lowest BCUT2D eigenvalue weighted by molar-refractivity contribution is 0.210. The summed E-state index contributed by atoms with van der Waals surface area (Å²) in [6.45, 7) is 0. The van der Waals surface area contributed by atoms with Gasteiger partial charge in [-0.05, 0) is 12.1 Å². The van der Waals surface area contributed by atoms with Gasteiger partial charge in [-0.25, -0.2) is 4.99 Å². The number of fused-ring (bicyclic) bond motifs is 1.